The Balaban J connectivity index is 4.04. The number of hydrogen-bond donors (Lipinski definition) is 0. The highest BCUT2D eigenvalue weighted by atomic mass is 31.2. The average Bonchev–Trinajstić information content (AvgIpc) is 1.65. The topological polar surface area (TPSA) is 111 Å². The van der Waals surface area contributed by atoms with Crippen molar-refractivity contribution in [2.75, 3.05) is 47.5 Å². The predicted molar refractivity (Wildman–Crippen MR) is 433 cm³/mol. The Kier molecular flexibility index (Phi) is 74.0. The molecule has 0 aliphatic carbocycles. The van der Waals surface area contributed by atoms with Gasteiger partial charge in [-0.15, -0.1) is 0 Å². The predicted octanol–water partition coefficient (Wildman–Crippen LogP) is 26.5. The van der Waals surface area contributed by atoms with Gasteiger partial charge in [0.25, 0.3) is 7.82 Å². The van der Waals surface area contributed by atoms with Crippen molar-refractivity contribution in [3.63, 3.8) is 0 Å². The van der Waals surface area contributed by atoms with E-state index < -0.39 is 26.5 Å². The van der Waals surface area contributed by atoms with Crippen LogP contribution < -0.4 is 4.89 Å². The van der Waals surface area contributed by atoms with Crippen molar-refractivity contribution < 1.29 is 42.1 Å². The summed E-state index contributed by atoms with van der Waals surface area (Å²) >= 11 is 0. The number of rotatable bonds is 72. The summed E-state index contributed by atoms with van der Waals surface area (Å²) in [4.78, 5) is 38.2. The first-order valence-electron chi connectivity index (χ1n) is 40.1. The molecule has 0 bridgehead atoms. The summed E-state index contributed by atoms with van der Waals surface area (Å²) in [5.41, 5.74) is 0. The second-order valence-corrected chi connectivity index (χ2v) is 28.7. The fourth-order valence-corrected chi connectivity index (χ4v) is 11.3. The third-order valence-corrected chi connectivity index (χ3v) is 17.6. The zero-order valence-corrected chi connectivity index (χ0v) is 65.5. The van der Waals surface area contributed by atoms with E-state index in [2.05, 4.69) is 208 Å². The molecule has 2 unspecified atom stereocenters. The molecule has 100 heavy (non-hydrogen) atoms. The summed E-state index contributed by atoms with van der Waals surface area (Å²) in [5.74, 6) is -0.849. The van der Waals surface area contributed by atoms with E-state index in [0.717, 1.165) is 154 Å². The number of allylic oxidation sites excluding steroid dienone is 32. The van der Waals surface area contributed by atoms with Crippen molar-refractivity contribution in [1.29, 1.82) is 0 Å². The normalized spacial score (nSPS) is 14.1. The molecule has 0 aliphatic rings. The molecule has 0 fully saturated rings. The highest BCUT2D eigenvalue weighted by molar-refractivity contribution is 7.45. The Hall–Kier alpha value is -5.15. The summed E-state index contributed by atoms with van der Waals surface area (Å²) in [6, 6.07) is 0. The maximum Gasteiger partial charge on any atom is 0.306 e. The van der Waals surface area contributed by atoms with Crippen molar-refractivity contribution in [2.45, 2.75) is 315 Å². The Morgan fingerprint density at radius 3 is 0.800 bits per heavy atom. The monoisotopic (exact) mass is 1400 g/mol. The lowest BCUT2D eigenvalue weighted by Gasteiger charge is -2.28. The SMILES string of the molecule is CC/C=C\C/C=C\C/C=C\C/C=C\C/C=C\C/C=C\C/C=C\C/C=C\C/C=C\CCCCCCCCCC(=O)OC(COC(=O)CCCCCCCCCCCCCCCCCCCCC/C=C\C/C=C\C/C=C\C/C=C\C/C=C\C/C=C\C/C=C\CC)COP(=O)([O-])OCC[N+](C)(C)C. The molecule has 0 heterocycles. The lowest BCUT2D eigenvalue weighted by Crippen LogP contribution is -2.37. The van der Waals surface area contributed by atoms with Crippen molar-refractivity contribution >= 4 is 19.8 Å². The van der Waals surface area contributed by atoms with Crippen LogP contribution in [0.15, 0.2) is 194 Å². The molecule has 0 N–H and O–H groups in total. The summed E-state index contributed by atoms with van der Waals surface area (Å²) in [5, 5.41) is 0. The average molecular weight is 1400 g/mol. The molecule has 0 saturated carbocycles. The molecular weight excluding hydrogens is 1250 g/mol. The zero-order valence-electron chi connectivity index (χ0n) is 64.6. The van der Waals surface area contributed by atoms with E-state index in [1.807, 2.05) is 21.1 Å². The highest BCUT2D eigenvalue weighted by Gasteiger charge is 2.22. The largest absolute Gasteiger partial charge is 0.756 e. The minimum atomic E-state index is -4.66. The standard InChI is InChI=1S/C90H148NO8P/c1-6-8-10-12-14-16-18-20-22-24-26-28-30-32-34-36-38-40-42-43-44-45-46-47-49-50-52-54-56-58-60-62-64-66-68-70-72-74-76-78-80-82-89(92)96-86-88(87-98-100(94,95)97-85-84-91(3,4)5)99-90(93)83-81-79-77-75-73-71-69-67-65-63-61-59-57-55-53-51-48-41-39-37-35-33-31-29-27-25-23-21-19-17-15-13-11-9-7-2/h8-11,14-17,20-23,26-29,32-35,38-41,43-44,51,53,57,59,63,65,88H,6-7,12-13,18-19,24-25,30-31,36-37,42,45-50,52,54-56,58,60-62,64,66-87H2,1-5H3/b10-8-,11-9-,16-14-,17-15-,22-20-,23-21-,28-26-,29-27-,34-32-,35-33-,40-38-,41-39-,44-43-,53-51-,59-57-,65-63-. The van der Waals surface area contributed by atoms with E-state index in [1.165, 1.54) is 122 Å². The third-order valence-electron chi connectivity index (χ3n) is 16.6. The number of carbonyl (C=O) groups is 2. The number of hydrogen-bond acceptors (Lipinski definition) is 8. The number of phosphoric ester groups is 1. The quantitative estimate of drug-likeness (QED) is 0.0195. The van der Waals surface area contributed by atoms with Crippen LogP contribution in [0.4, 0.5) is 0 Å². The van der Waals surface area contributed by atoms with Crippen LogP contribution in [-0.4, -0.2) is 70.0 Å². The first kappa shape index (κ1) is 94.8. The number of ether oxygens (including phenoxy) is 2. The Labute approximate surface area is 615 Å². The van der Waals surface area contributed by atoms with Crippen molar-refractivity contribution in [3.05, 3.63) is 194 Å². The number of quaternary nitrogens is 1. The summed E-state index contributed by atoms with van der Waals surface area (Å²) in [6.45, 7) is 4.00. The van der Waals surface area contributed by atoms with E-state index in [-0.39, 0.29) is 32.0 Å². The van der Waals surface area contributed by atoms with Crippen LogP contribution in [0, 0.1) is 0 Å². The van der Waals surface area contributed by atoms with Crippen LogP contribution in [0.5, 0.6) is 0 Å². The maximum absolute atomic E-state index is 12.9. The number of nitrogens with zero attached hydrogens (tertiary/aromatic N) is 1. The molecule has 0 amide bonds. The molecule has 9 nitrogen and oxygen atoms in total. The number of unbranched alkanes of at least 4 members (excludes halogenated alkanes) is 26. The van der Waals surface area contributed by atoms with Gasteiger partial charge in [0.05, 0.1) is 27.7 Å². The summed E-state index contributed by atoms with van der Waals surface area (Å²) in [6.07, 6.45) is 121. The minimum Gasteiger partial charge on any atom is -0.756 e. The second-order valence-electron chi connectivity index (χ2n) is 27.3. The van der Waals surface area contributed by atoms with E-state index >= 15 is 0 Å². The van der Waals surface area contributed by atoms with Gasteiger partial charge in [-0.2, -0.15) is 0 Å². The van der Waals surface area contributed by atoms with Gasteiger partial charge in [-0.1, -0.05) is 350 Å². The Morgan fingerprint density at radius 1 is 0.310 bits per heavy atom. The van der Waals surface area contributed by atoms with Gasteiger partial charge in [-0.3, -0.25) is 14.2 Å². The molecular formula is C90H148NO8P. The molecule has 0 aromatic heterocycles. The van der Waals surface area contributed by atoms with E-state index in [4.69, 9.17) is 18.5 Å². The van der Waals surface area contributed by atoms with Crippen LogP contribution in [-0.2, 0) is 32.7 Å². The molecule has 2 atom stereocenters. The Bertz CT molecular complexity index is 2400. The van der Waals surface area contributed by atoms with E-state index in [1.54, 1.807) is 0 Å². The van der Waals surface area contributed by atoms with Crippen molar-refractivity contribution in [2.24, 2.45) is 0 Å². The molecule has 0 saturated heterocycles. The van der Waals surface area contributed by atoms with Crippen LogP contribution in [0.1, 0.15) is 309 Å². The van der Waals surface area contributed by atoms with Gasteiger partial charge in [-0.05, 0) is 141 Å². The molecule has 0 spiro atoms. The van der Waals surface area contributed by atoms with Crippen LogP contribution in [0.2, 0.25) is 0 Å². The number of carbonyl (C=O) groups excluding carboxylic acids is 2. The molecule has 566 valence electrons. The van der Waals surface area contributed by atoms with Crippen LogP contribution in [0.3, 0.4) is 0 Å². The number of phosphoric acid groups is 1. The van der Waals surface area contributed by atoms with Gasteiger partial charge >= 0.3 is 11.9 Å². The molecule has 0 aromatic rings. The maximum atomic E-state index is 12.9. The zero-order chi connectivity index (χ0) is 72.5. The van der Waals surface area contributed by atoms with Gasteiger partial charge in [-0.25, -0.2) is 0 Å². The van der Waals surface area contributed by atoms with Gasteiger partial charge < -0.3 is 27.9 Å². The fraction of sp³-hybridized carbons (Fsp3) is 0.622. The third kappa shape index (κ3) is 81.8. The van der Waals surface area contributed by atoms with Gasteiger partial charge in [0, 0.05) is 12.8 Å². The van der Waals surface area contributed by atoms with E-state index in [9.17, 15) is 19.0 Å². The number of esters is 2. The molecule has 0 aliphatic heterocycles. The summed E-state index contributed by atoms with van der Waals surface area (Å²) in [7, 11) is 1.14. The molecule has 0 aromatic carbocycles. The van der Waals surface area contributed by atoms with Crippen molar-refractivity contribution in [1.82, 2.24) is 0 Å². The first-order valence-corrected chi connectivity index (χ1v) is 41.6. The van der Waals surface area contributed by atoms with Crippen LogP contribution in [0.25, 0.3) is 0 Å². The van der Waals surface area contributed by atoms with E-state index in [0.29, 0.717) is 17.4 Å². The van der Waals surface area contributed by atoms with Crippen molar-refractivity contribution in [3.8, 4) is 0 Å². The molecule has 0 rings (SSSR count). The molecule has 0 radical (unpaired) electrons. The minimum absolute atomic E-state index is 0.0411. The fourth-order valence-electron chi connectivity index (χ4n) is 10.6. The molecule has 10 heteroatoms. The summed E-state index contributed by atoms with van der Waals surface area (Å²) < 4.78 is 34.4. The number of likely N-dealkylation sites (N-methyl/N-ethyl adjacent to an activating group) is 1. The lowest BCUT2D eigenvalue weighted by atomic mass is 10.0. The second kappa shape index (κ2) is 78.0. The smallest absolute Gasteiger partial charge is 0.306 e. The highest BCUT2D eigenvalue weighted by Crippen LogP contribution is 2.38. The first-order chi connectivity index (χ1) is 49.0. The lowest BCUT2D eigenvalue weighted by molar-refractivity contribution is -0.870. The Morgan fingerprint density at radius 2 is 0.540 bits per heavy atom. The van der Waals surface area contributed by atoms with Crippen LogP contribution >= 0.6 is 7.82 Å². The van der Waals surface area contributed by atoms with Gasteiger partial charge in [0.15, 0.2) is 6.10 Å². The van der Waals surface area contributed by atoms with Gasteiger partial charge in [0.2, 0.25) is 0 Å². The van der Waals surface area contributed by atoms with Gasteiger partial charge in [0.1, 0.15) is 19.8 Å².